The van der Waals surface area contributed by atoms with Crippen LogP contribution in [0.25, 0.3) is 0 Å². The highest BCUT2D eigenvalue weighted by molar-refractivity contribution is 7.99. The minimum absolute atomic E-state index is 0.397. The Kier molecular flexibility index (Phi) is 5.02. The van der Waals surface area contributed by atoms with Crippen LogP contribution in [0.1, 0.15) is 54.2 Å². The molecule has 1 saturated heterocycles. The maximum absolute atomic E-state index is 11.0. The van der Waals surface area contributed by atoms with Crippen molar-refractivity contribution in [3.8, 4) is 0 Å². The molecule has 0 aromatic carbocycles. The van der Waals surface area contributed by atoms with Gasteiger partial charge in [0.2, 0.25) is 0 Å². The van der Waals surface area contributed by atoms with Crippen LogP contribution in [0, 0.1) is 19.8 Å². The van der Waals surface area contributed by atoms with Crippen molar-refractivity contribution >= 4 is 17.7 Å². The quantitative estimate of drug-likeness (QED) is 0.923. The maximum atomic E-state index is 11.0. The van der Waals surface area contributed by atoms with Crippen molar-refractivity contribution in [3.05, 3.63) is 22.8 Å². The molecule has 1 aliphatic heterocycles. The van der Waals surface area contributed by atoms with E-state index in [2.05, 4.69) is 9.97 Å². The predicted molar refractivity (Wildman–Crippen MR) is 81.1 cm³/mol. The number of aliphatic carboxylic acids is 1. The zero-order valence-electron chi connectivity index (χ0n) is 12.3. The fourth-order valence-corrected chi connectivity index (χ4v) is 3.79. The number of carboxylic acid groups (broad SMARTS) is 1. The lowest BCUT2D eigenvalue weighted by molar-refractivity contribution is -0.141. The van der Waals surface area contributed by atoms with Gasteiger partial charge >= 0.3 is 5.97 Å². The van der Waals surface area contributed by atoms with E-state index in [4.69, 9.17) is 5.11 Å². The monoisotopic (exact) mass is 294 g/mol. The van der Waals surface area contributed by atoms with E-state index in [-0.39, 0.29) is 0 Å². The van der Waals surface area contributed by atoms with E-state index in [1.165, 1.54) is 18.6 Å². The molecule has 0 bridgehead atoms. The van der Waals surface area contributed by atoms with Crippen LogP contribution in [0.3, 0.4) is 0 Å². The first-order valence-corrected chi connectivity index (χ1v) is 8.22. The third-order valence-corrected chi connectivity index (χ3v) is 5.21. The smallest absolute Gasteiger partial charge is 0.306 e. The van der Waals surface area contributed by atoms with Crippen molar-refractivity contribution in [2.75, 3.05) is 5.75 Å². The summed E-state index contributed by atoms with van der Waals surface area (Å²) in [6.45, 7) is 5.66. The first-order valence-electron chi connectivity index (χ1n) is 7.17. The molecule has 0 amide bonds. The van der Waals surface area contributed by atoms with Gasteiger partial charge in [-0.15, -0.1) is 0 Å². The van der Waals surface area contributed by atoms with E-state index in [0.717, 1.165) is 29.2 Å². The summed E-state index contributed by atoms with van der Waals surface area (Å²) < 4.78 is 0. The summed E-state index contributed by atoms with van der Waals surface area (Å²) in [4.78, 5) is 20.3. The highest BCUT2D eigenvalue weighted by atomic mass is 32.2. The average molecular weight is 294 g/mol. The molecule has 5 heteroatoms. The zero-order chi connectivity index (χ0) is 14.7. The molecular weight excluding hydrogens is 272 g/mol. The van der Waals surface area contributed by atoms with Gasteiger partial charge in [-0.2, -0.15) is 11.8 Å². The van der Waals surface area contributed by atoms with Crippen molar-refractivity contribution in [2.45, 2.75) is 51.7 Å². The van der Waals surface area contributed by atoms with Crippen LogP contribution in [0.2, 0.25) is 0 Å². The third kappa shape index (κ3) is 3.51. The molecule has 0 spiro atoms. The molecule has 2 heterocycles. The van der Waals surface area contributed by atoms with E-state index in [1.54, 1.807) is 6.92 Å². The van der Waals surface area contributed by atoms with Crippen LogP contribution in [0.5, 0.6) is 0 Å². The van der Waals surface area contributed by atoms with E-state index in [1.807, 2.05) is 25.6 Å². The number of thioether (sulfide) groups is 1. The number of rotatable bonds is 4. The van der Waals surface area contributed by atoms with E-state index in [0.29, 0.717) is 11.7 Å². The van der Waals surface area contributed by atoms with Crippen molar-refractivity contribution < 1.29 is 9.90 Å². The summed E-state index contributed by atoms with van der Waals surface area (Å²) in [5, 5.41) is 9.45. The standard InChI is InChI=1S/C15H22N2O2S/c1-9(15(18)19)8-12-10(2)16-14(17-11(12)3)13-6-4-5-7-20-13/h9,13H,4-8H2,1-3H3,(H,18,19). The largest absolute Gasteiger partial charge is 0.481 e. The molecular formula is C15H22N2O2S. The number of hydrogen-bond acceptors (Lipinski definition) is 4. The van der Waals surface area contributed by atoms with Crippen LogP contribution in [-0.2, 0) is 11.2 Å². The van der Waals surface area contributed by atoms with Crippen LogP contribution in [0.15, 0.2) is 0 Å². The summed E-state index contributed by atoms with van der Waals surface area (Å²) in [5.41, 5.74) is 2.86. The molecule has 2 atom stereocenters. The Morgan fingerprint density at radius 3 is 2.50 bits per heavy atom. The van der Waals surface area contributed by atoms with Crippen LogP contribution < -0.4 is 0 Å². The Hall–Kier alpha value is -1.10. The number of carboxylic acids is 1. The van der Waals surface area contributed by atoms with Crippen molar-refractivity contribution in [1.82, 2.24) is 9.97 Å². The van der Waals surface area contributed by atoms with Gasteiger partial charge in [0.05, 0.1) is 11.2 Å². The van der Waals surface area contributed by atoms with Crippen LogP contribution in [0.4, 0.5) is 0 Å². The van der Waals surface area contributed by atoms with Crippen molar-refractivity contribution in [3.63, 3.8) is 0 Å². The molecule has 1 aromatic rings. The van der Waals surface area contributed by atoms with Crippen LogP contribution >= 0.6 is 11.8 Å². The van der Waals surface area contributed by atoms with Gasteiger partial charge in [0.25, 0.3) is 0 Å². The van der Waals surface area contributed by atoms with Crippen LogP contribution in [-0.4, -0.2) is 26.8 Å². The molecule has 1 aromatic heterocycles. The van der Waals surface area contributed by atoms with Gasteiger partial charge in [-0.3, -0.25) is 4.79 Å². The van der Waals surface area contributed by atoms with Gasteiger partial charge in [0.1, 0.15) is 5.82 Å². The zero-order valence-corrected chi connectivity index (χ0v) is 13.2. The Bertz CT molecular complexity index is 476. The van der Waals surface area contributed by atoms with Crippen molar-refractivity contribution in [1.29, 1.82) is 0 Å². The first kappa shape index (κ1) is 15.3. The number of nitrogens with zero attached hydrogens (tertiary/aromatic N) is 2. The molecule has 20 heavy (non-hydrogen) atoms. The molecule has 0 aliphatic carbocycles. The minimum Gasteiger partial charge on any atom is -0.481 e. The number of hydrogen-bond donors (Lipinski definition) is 1. The molecule has 1 aliphatic rings. The number of aromatic nitrogens is 2. The summed E-state index contributed by atoms with van der Waals surface area (Å²) in [6.07, 6.45) is 4.18. The molecule has 0 saturated carbocycles. The second kappa shape index (κ2) is 6.57. The number of carbonyl (C=O) groups is 1. The second-order valence-corrected chi connectivity index (χ2v) is 6.84. The minimum atomic E-state index is -0.768. The summed E-state index contributed by atoms with van der Waals surface area (Å²) in [6, 6.07) is 0. The van der Waals surface area contributed by atoms with E-state index < -0.39 is 11.9 Å². The first-order chi connectivity index (χ1) is 9.49. The molecule has 1 fully saturated rings. The summed E-state index contributed by atoms with van der Waals surface area (Å²) in [7, 11) is 0. The maximum Gasteiger partial charge on any atom is 0.306 e. The van der Waals surface area contributed by atoms with Gasteiger partial charge in [0.15, 0.2) is 0 Å². The summed E-state index contributed by atoms with van der Waals surface area (Å²) >= 11 is 1.94. The summed E-state index contributed by atoms with van der Waals surface area (Å²) in [5.74, 6) is 0.947. The third-order valence-electron chi connectivity index (χ3n) is 3.84. The lowest BCUT2D eigenvalue weighted by Gasteiger charge is -2.21. The van der Waals surface area contributed by atoms with Gasteiger partial charge in [-0.05, 0) is 44.4 Å². The van der Waals surface area contributed by atoms with Gasteiger partial charge in [-0.1, -0.05) is 13.3 Å². The van der Waals surface area contributed by atoms with Gasteiger partial charge in [-0.25, -0.2) is 9.97 Å². The Morgan fingerprint density at radius 1 is 1.35 bits per heavy atom. The molecule has 1 N–H and O–H groups in total. The lowest BCUT2D eigenvalue weighted by Crippen LogP contribution is -2.16. The lowest BCUT2D eigenvalue weighted by atomic mass is 9.99. The normalized spacial score (nSPS) is 20.6. The SMILES string of the molecule is Cc1nc(C2CCCCS2)nc(C)c1CC(C)C(=O)O. The highest BCUT2D eigenvalue weighted by Crippen LogP contribution is 2.37. The second-order valence-electron chi connectivity index (χ2n) is 5.53. The highest BCUT2D eigenvalue weighted by Gasteiger charge is 2.22. The fourth-order valence-electron chi connectivity index (χ4n) is 2.54. The molecule has 4 nitrogen and oxygen atoms in total. The van der Waals surface area contributed by atoms with E-state index >= 15 is 0 Å². The van der Waals surface area contributed by atoms with E-state index in [9.17, 15) is 4.79 Å². The Balaban J connectivity index is 2.21. The molecule has 0 radical (unpaired) electrons. The number of aryl methyl sites for hydroxylation is 2. The average Bonchev–Trinajstić information content (AvgIpc) is 2.43. The molecule has 2 rings (SSSR count). The molecule has 2 unspecified atom stereocenters. The Labute approximate surface area is 124 Å². The van der Waals surface area contributed by atoms with Gasteiger partial charge in [0, 0.05) is 11.4 Å². The topological polar surface area (TPSA) is 63.1 Å². The predicted octanol–water partition coefficient (Wildman–Crippen LogP) is 3.31. The molecule has 110 valence electrons. The van der Waals surface area contributed by atoms with Gasteiger partial charge < -0.3 is 5.11 Å². The Morgan fingerprint density at radius 2 is 2.00 bits per heavy atom. The fraction of sp³-hybridized carbons (Fsp3) is 0.667. The van der Waals surface area contributed by atoms with Crippen molar-refractivity contribution in [2.24, 2.45) is 5.92 Å².